The molecule has 0 aromatic heterocycles. The highest BCUT2D eigenvalue weighted by atomic mass is 79.9. The molecule has 0 fully saturated rings. The summed E-state index contributed by atoms with van der Waals surface area (Å²) in [5.74, 6) is -1.47. The average Bonchev–Trinajstić information content (AvgIpc) is 2.29. The van der Waals surface area contributed by atoms with E-state index in [0.717, 1.165) is 0 Å². The molecule has 0 aliphatic rings. The normalized spacial score (nSPS) is 11.0. The van der Waals surface area contributed by atoms with Crippen molar-refractivity contribution in [2.24, 2.45) is 0 Å². The molecule has 0 unspecified atom stereocenters. The molecule has 1 aromatic rings. The lowest BCUT2D eigenvalue weighted by Gasteiger charge is -2.06. The molecule has 4 nitrogen and oxygen atoms in total. The Morgan fingerprint density at radius 1 is 1.33 bits per heavy atom. The molecule has 0 heterocycles. The summed E-state index contributed by atoms with van der Waals surface area (Å²) in [6, 6.07) is 4.58. The second kappa shape index (κ2) is 6.76. The Kier molecular flexibility index (Phi) is 5.32. The Morgan fingerprint density at radius 3 is 2.67 bits per heavy atom. The summed E-state index contributed by atoms with van der Waals surface area (Å²) in [5, 5.41) is 11.5. The van der Waals surface area contributed by atoms with E-state index in [2.05, 4.69) is 21.2 Å². The first-order valence-electron chi connectivity index (χ1n) is 5.17. The van der Waals surface area contributed by atoms with Crippen LogP contribution in [-0.4, -0.2) is 17.0 Å². The van der Waals surface area contributed by atoms with Crippen LogP contribution in [0.4, 0.5) is 5.69 Å². The van der Waals surface area contributed by atoms with Crippen molar-refractivity contribution in [1.82, 2.24) is 0 Å². The SMILES string of the molecule is C/C=C/C=C/C(=O)Nc1cc(Br)ccc1C(=O)O. The third kappa shape index (κ3) is 4.18. The van der Waals surface area contributed by atoms with Crippen molar-refractivity contribution >= 4 is 33.5 Å². The van der Waals surface area contributed by atoms with Crippen LogP contribution < -0.4 is 5.32 Å². The summed E-state index contributed by atoms with van der Waals surface area (Å²) in [6.07, 6.45) is 6.39. The highest BCUT2D eigenvalue weighted by Crippen LogP contribution is 2.21. The number of amides is 1. The van der Waals surface area contributed by atoms with Crippen LogP contribution in [0.15, 0.2) is 47.0 Å². The molecule has 0 bridgehead atoms. The number of carboxylic acid groups (broad SMARTS) is 1. The number of nitrogens with one attached hydrogen (secondary N) is 1. The Morgan fingerprint density at radius 2 is 2.06 bits per heavy atom. The average molecular weight is 310 g/mol. The van der Waals surface area contributed by atoms with Gasteiger partial charge in [-0.05, 0) is 25.1 Å². The molecule has 0 aliphatic carbocycles. The Balaban J connectivity index is 2.92. The predicted octanol–water partition coefficient (Wildman–Crippen LogP) is 3.22. The van der Waals surface area contributed by atoms with Gasteiger partial charge in [0.05, 0.1) is 11.3 Å². The van der Waals surface area contributed by atoms with Crippen molar-refractivity contribution in [3.05, 3.63) is 52.5 Å². The third-order valence-electron chi connectivity index (χ3n) is 2.02. The quantitative estimate of drug-likeness (QED) is 0.663. The second-order valence-electron chi connectivity index (χ2n) is 3.37. The summed E-state index contributed by atoms with van der Waals surface area (Å²) in [4.78, 5) is 22.5. The van der Waals surface area contributed by atoms with Crippen LogP contribution >= 0.6 is 15.9 Å². The van der Waals surface area contributed by atoms with Crippen molar-refractivity contribution < 1.29 is 14.7 Å². The number of anilines is 1. The van der Waals surface area contributed by atoms with E-state index in [0.29, 0.717) is 4.47 Å². The van der Waals surface area contributed by atoms with Gasteiger partial charge in [-0.3, -0.25) is 4.79 Å². The van der Waals surface area contributed by atoms with E-state index in [1.54, 1.807) is 30.4 Å². The minimum atomic E-state index is -1.09. The van der Waals surface area contributed by atoms with Crippen molar-refractivity contribution in [2.75, 3.05) is 5.32 Å². The molecule has 1 amide bonds. The maximum atomic E-state index is 11.5. The lowest BCUT2D eigenvalue weighted by atomic mass is 10.2. The number of benzene rings is 1. The zero-order valence-corrected chi connectivity index (χ0v) is 11.3. The number of carbonyl (C=O) groups excluding carboxylic acids is 1. The van der Waals surface area contributed by atoms with Gasteiger partial charge < -0.3 is 10.4 Å². The number of carbonyl (C=O) groups is 2. The molecule has 94 valence electrons. The van der Waals surface area contributed by atoms with Gasteiger partial charge in [0.15, 0.2) is 0 Å². The fourth-order valence-corrected chi connectivity index (χ4v) is 1.60. The molecule has 0 spiro atoms. The number of hydrogen-bond donors (Lipinski definition) is 2. The molecule has 18 heavy (non-hydrogen) atoms. The molecule has 0 radical (unpaired) electrons. The number of carboxylic acids is 1. The third-order valence-corrected chi connectivity index (χ3v) is 2.51. The Labute approximate surface area is 113 Å². The van der Waals surface area contributed by atoms with Crippen LogP contribution in [-0.2, 0) is 4.79 Å². The van der Waals surface area contributed by atoms with Gasteiger partial charge in [0.2, 0.25) is 5.91 Å². The molecule has 5 heteroatoms. The zero-order valence-electron chi connectivity index (χ0n) is 9.68. The fourth-order valence-electron chi connectivity index (χ4n) is 1.23. The molecule has 0 saturated heterocycles. The number of rotatable bonds is 4. The van der Waals surface area contributed by atoms with Crippen molar-refractivity contribution in [2.45, 2.75) is 6.92 Å². The lowest BCUT2D eigenvalue weighted by molar-refractivity contribution is -0.111. The summed E-state index contributed by atoms with van der Waals surface area (Å²) < 4.78 is 0.695. The van der Waals surface area contributed by atoms with Crippen LogP contribution in [0.1, 0.15) is 17.3 Å². The van der Waals surface area contributed by atoms with E-state index in [-0.39, 0.29) is 17.2 Å². The maximum Gasteiger partial charge on any atom is 0.337 e. The minimum Gasteiger partial charge on any atom is -0.478 e. The predicted molar refractivity (Wildman–Crippen MR) is 73.7 cm³/mol. The summed E-state index contributed by atoms with van der Waals surface area (Å²) in [5.41, 5.74) is 0.304. The second-order valence-corrected chi connectivity index (χ2v) is 4.28. The molecular weight excluding hydrogens is 298 g/mol. The number of aromatic carboxylic acids is 1. The molecule has 2 N–H and O–H groups in total. The first kappa shape index (κ1) is 14.2. The number of halogens is 1. The van der Waals surface area contributed by atoms with E-state index in [1.807, 2.05) is 6.92 Å². The minimum absolute atomic E-state index is 0.0472. The van der Waals surface area contributed by atoms with Crippen molar-refractivity contribution in [3.8, 4) is 0 Å². The van der Waals surface area contributed by atoms with Crippen LogP contribution in [0.25, 0.3) is 0 Å². The van der Waals surface area contributed by atoms with Crippen LogP contribution in [0.5, 0.6) is 0 Å². The molecule has 1 rings (SSSR count). The van der Waals surface area contributed by atoms with Gasteiger partial charge in [0.1, 0.15) is 0 Å². The molecule has 0 aliphatic heterocycles. The highest BCUT2D eigenvalue weighted by Gasteiger charge is 2.11. The van der Waals surface area contributed by atoms with Crippen LogP contribution in [0, 0.1) is 0 Å². The number of allylic oxidation sites excluding steroid dienone is 3. The topological polar surface area (TPSA) is 66.4 Å². The van der Waals surface area contributed by atoms with Gasteiger partial charge in [0.25, 0.3) is 0 Å². The van der Waals surface area contributed by atoms with Gasteiger partial charge in [-0.2, -0.15) is 0 Å². The van der Waals surface area contributed by atoms with Crippen LogP contribution in [0.2, 0.25) is 0 Å². The van der Waals surface area contributed by atoms with E-state index < -0.39 is 5.97 Å². The summed E-state index contributed by atoms with van der Waals surface area (Å²) >= 11 is 3.23. The summed E-state index contributed by atoms with van der Waals surface area (Å²) in [7, 11) is 0. The van der Waals surface area contributed by atoms with Gasteiger partial charge in [-0.15, -0.1) is 0 Å². The highest BCUT2D eigenvalue weighted by molar-refractivity contribution is 9.10. The van der Waals surface area contributed by atoms with E-state index in [1.165, 1.54) is 12.1 Å². The van der Waals surface area contributed by atoms with Gasteiger partial charge in [-0.25, -0.2) is 4.79 Å². The first-order chi connectivity index (χ1) is 8.54. The van der Waals surface area contributed by atoms with E-state index in [4.69, 9.17) is 5.11 Å². The van der Waals surface area contributed by atoms with Gasteiger partial charge in [-0.1, -0.05) is 34.2 Å². The molecule has 1 aromatic carbocycles. The zero-order chi connectivity index (χ0) is 13.5. The molecule has 0 saturated carbocycles. The maximum absolute atomic E-state index is 11.5. The smallest absolute Gasteiger partial charge is 0.337 e. The first-order valence-corrected chi connectivity index (χ1v) is 5.97. The largest absolute Gasteiger partial charge is 0.478 e. The monoisotopic (exact) mass is 309 g/mol. The summed E-state index contributed by atoms with van der Waals surface area (Å²) in [6.45, 7) is 1.83. The van der Waals surface area contributed by atoms with Crippen molar-refractivity contribution in [1.29, 1.82) is 0 Å². The standard InChI is InChI=1S/C13H12BrNO3/c1-2-3-4-5-12(16)15-11-8-9(14)6-7-10(11)13(17)18/h2-8H,1H3,(H,15,16)(H,17,18)/b3-2+,5-4+. The lowest BCUT2D eigenvalue weighted by Crippen LogP contribution is -2.12. The Hall–Kier alpha value is -1.88. The Bertz CT molecular complexity index is 521. The molecular formula is C13H12BrNO3. The van der Waals surface area contributed by atoms with E-state index in [9.17, 15) is 9.59 Å². The van der Waals surface area contributed by atoms with Crippen LogP contribution in [0.3, 0.4) is 0 Å². The van der Waals surface area contributed by atoms with Crippen molar-refractivity contribution in [3.63, 3.8) is 0 Å². The van der Waals surface area contributed by atoms with E-state index >= 15 is 0 Å². The van der Waals surface area contributed by atoms with Gasteiger partial charge in [0, 0.05) is 10.5 Å². The van der Waals surface area contributed by atoms with Gasteiger partial charge >= 0.3 is 5.97 Å². The molecule has 0 atom stereocenters. The number of hydrogen-bond acceptors (Lipinski definition) is 2. The fraction of sp³-hybridized carbons (Fsp3) is 0.0769.